The first-order chi connectivity index (χ1) is 14.0. The van der Waals surface area contributed by atoms with Crippen LogP contribution in [0.5, 0.6) is 0 Å². The molecule has 6 nitrogen and oxygen atoms in total. The first-order valence-corrected chi connectivity index (χ1v) is 11.2. The van der Waals surface area contributed by atoms with E-state index in [-0.39, 0.29) is 23.5 Å². The molecule has 2 aliphatic rings. The fourth-order valence-electron chi connectivity index (χ4n) is 4.09. The number of aromatic nitrogens is 2. The first kappa shape index (κ1) is 20.2. The number of aryl methyl sites for hydroxylation is 1. The van der Waals surface area contributed by atoms with Crippen molar-refractivity contribution in [2.75, 3.05) is 17.7 Å². The molecule has 1 unspecified atom stereocenters. The average Bonchev–Trinajstić information content (AvgIpc) is 3.38. The van der Waals surface area contributed by atoms with Crippen LogP contribution in [0.2, 0.25) is 0 Å². The average molecular weight is 414 g/mol. The second-order valence-corrected chi connectivity index (χ2v) is 8.77. The number of hydrogen-bond acceptors (Lipinski definition) is 5. The van der Waals surface area contributed by atoms with E-state index in [0.717, 1.165) is 66.8 Å². The fraction of sp³-hybridized carbons (Fsp3) is 0.500. The molecule has 1 fully saturated rings. The van der Waals surface area contributed by atoms with Crippen LogP contribution in [0, 0.1) is 13.8 Å². The first-order valence-electron chi connectivity index (χ1n) is 10.3. The Morgan fingerprint density at radius 1 is 1.31 bits per heavy atom. The highest BCUT2D eigenvalue weighted by Crippen LogP contribution is 2.30. The SMILES string of the molecule is Cc1cccc(NC(=O)CSc2nc(=O)n(CC3CCCO3)c3c2CCC3)c1C. The predicted molar refractivity (Wildman–Crippen MR) is 115 cm³/mol. The van der Waals surface area contributed by atoms with E-state index >= 15 is 0 Å². The Morgan fingerprint density at radius 3 is 2.97 bits per heavy atom. The molecule has 0 saturated carbocycles. The van der Waals surface area contributed by atoms with Crippen LogP contribution in [0.4, 0.5) is 5.69 Å². The van der Waals surface area contributed by atoms with Crippen LogP contribution in [0.15, 0.2) is 28.0 Å². The van der Waals surface area contributed by atoms with Gasteiger partial charge < -0.3 is 10.1 Å². The summed E-state index contributed by atoms with van der Waals surface area (Å²) in [4.78, 5) is 29.5. The third kappa shape index (κ3) is 4.41. The minimum absolute atomic E-state index is 0.0826. The van der Waals surface area contributed by atoms with Crippen molar-refractivity contribution in [1.29, 1.82) is 0 Å². The number of hydrogen-bond donors (Lipinski definition) is 1. The highest BCUT2D eigenvalue weighted by molar-refractivity contribution is 8.00. The molecule has 7 heteroatoms. The lowest BCUT2D eigenvalue weighted by molar-refractivity contribution is -0.113. The summed E-state index contributed by atoms with van der Waals surface area (Å²) in [5.41, 5.74) is 5.04. The number of rotatable bonds is 6. The Morgan fingerprint density at radius 2 is 2.17 bits per heavy atom. The summed E-state index contributed by atoms with van der Waals surface area (Å²) < 4.78 is 7.51. The molecule has 0 bridgehead atoms. The van der Waals surface area contributed by atoms with Crippen molar-refractivity contribution in [1.82, 2.24) is 9.55 Å². The lowest BCUT2D eigenvalue weighted by atomic mass is 10.1. The van der Waals surface area contributed by atoms with Gasteiger partial charge in [0.25, 0.3) is 0 Å². The van der Waals surface area contributed by atoms with Crippen molar-refractivity contribution in [3.8, 4) is 0 Å². The molecule has 0 spiro atoms. The van der Waals surface area contributed by atoms with Gasteiger partial charge in [-0.15, -0.1) is 0 Å². The van der Waals surface area contributed by atoms with Gasteiger partial charge in [-0.3, -0.25) is 9.36 Å². The van der Waals surface area contributed by atoms with Crippen LogP contribution >= 0.6 is 11.8 Å². The van der Waals surface area contributed by atoms with Gasteiger partial charge in [0.2, 0.25) is 5.91 Å². The van der Waals surface area contributed by atoms with Crippen molar-refractivity contribution in [2.24, 2.45) is 0 Å². The number of anilines is 1. The Hall–Kier alpha value is -2.12. The number of carbonyl (C=O) groups excluding carboxylic acids is 1. The number of carbonyl (C=O) groups is 1. The lowest BCUT2D eigenvalue weighted by Gasteiger charge is -2.17. The quantitative estimate of drug-likeness (QED) is 0.581. The van der Waals surface area contributed by atoms with E-state index in [9.17, 15) is 9.59 Å². The lowest BCUT2D eigenvalue weighted by Crippen LogP contribution is -2.31. The highest BCUT2D eigenvalue weighted by Gasteiger charge is 2.25. The molecule has 29 heavy (non-hydrogen) atoms. The number of nitrogens with zero attached hydrogens (tertiary/aromatic N) is 2. The fourth-order valence-corrected chi connectivity index (χ4v) is 4.97. The number of thioether (sulfide) groups is 1. The molecule has 1 aromatic heterocycles. The normalized spacial score (nSPS) is 18.1. The van der Waals surface area contributed by atoms with E-state index in [4.69, 9.17) is 4.74 Å². The van der Waals surface area contributed by atoms with Gasteiger partial charge in [-0.1, -0.05) is 23.9 Å². The molecular formula is C22H27N3O3S. The third-order valence-corrected chi connectivity index (χ3v) is 6.85. The van der Waals surface area contributed by atoms with Crippen molar-refractivity contribution < 1.29 is 9.53 Å². The van der Waals surface area contributed by atoms with E-state index in [1.54, 1.807) is 4.57 Å². The molecule has 154 valence electrons. The Balaban J connectivity index is 1.47. The molecule has 1 aliphatic carbocycles. The van der Waals surface area contributed by atoms with Gasteiger partial charge in [0.15, 0.2) is 0 Å². The molecule has 2 aromatic rings. The Labute approximate surface area is 175 Å². The van der Waals surface area contributed by atoms with Gasteiger partial charge in [0.05, 0.1) is 18.4 Å². The van der Waals surface area contributed by atoms with Gasteiger partial charge in [0.1, 0.15) is 5.03 Å². The minimum atomic E-state index is -0.224. The summed E-state index contributed by atoms with van der Waals surface area (Å²) in [6.07, 6.45) is 4.99. The third-order valence-electron chi connectivity index (χ3n) is 5.83. The molecule has 1 aliphatic heterocycles. The summed E-state index contributed by atoms with van der Waals surface area (Å²) in [6.45, 7) is 5.39. The number of nitrogens with one attached hydrogen (secondary N) is 1. The van der Waals surface area contributed by atoms with Crippen LogP contribution in [0.25, 0.3) is 0 Å². The predicted octanol–water partition coefficient (Wildman–Crippen LogP) is 3.26. The van der Waals surface area contributed by atoms with Crippen molar-refractivity contribution in [3.63, 3.8) is 0 Å². The van der Waals surface area contributed by atoms with Crippen molar-refractivity contribution in [3.05, 3.63) is 51.1 Å². The summed E-state index contributed by atoms with van der Waals surface area (Å²) in [7, 11) is 0. The number of fused-ring (bicyclic) bond motifs is 1. The van der Waals surface area contributed by atoms with E-state index in [0.29, 0.717) is 11.6 Å². The molecule has 1 amide bonds. The molecule has 1 N–H and O–H groups in total. The van der Waals surface area contributed by atoms with E-state index in [1.807, 2.05) is 32.0 Å². The largest absolute Gasteiger partial charge is 0.376 e. The summed E-state index contributed by atoms with van der Waals surface area (Å²) in [5, 5.41) is 3.69. The number of benzene rings is 1. The van der Waals surface area contributed by atoms with Gasteiger partial charge in [-0.25, -0.2) is 4.79 Å². The second kappa shape index (κ2) is 8.71. The smallest absolute Gasteiger partial charge is 0.348 e. The zero-order valence-corrected chi connectivity index (χ0v) is 17.8. The van der Waals surface area contributed by atoms with Crippen LogP contribution in [-0.4, -0.2) is 33.9 Å². The van der Waals surface area contributed by atoms with E-state index in [1.165, 1.54) is 11.8 Å². The number of amides is 1. The molecule has 1 aromatic carbocycles. The summed E-state index contributed by atoms with van der Waals surface area (Å²) in [5.74, 6) is 0.155. The molecule has 4 rings (SSSR count). The van der Waals surface area contributed by atoms with Crippen LogP contribution in [0.1, 0.15) is 41.6 Å². The maximum absolute atomic E-state index is 12.7. The van der Waals surface area contributed by atoms with Crippen LogP contribution < -0.4 is 11.0 Å². The van der Waals surface area contributed by atoms with Gasteiger partial charge in [-0.05, 0) is 63.1 Å². The molecule has 0 radical (unpaired) electrons. The zero-order valence-electron chi connectivity index (χ0n) is 17.0. The Bertz CT molecular complexity index is 980. The maximum Gasteiger partial charge on any atom is 0.348 e. The molecule has 1 atom stereocenters. The maximum atomic E-state index is 12.7. The minimum Gasteiger partial charge on any atom is -0.376 e. The standard InChI is InChI=1S/C22H27N3O3S/c1-14-6-3-9-18(15(14)2)23-20(26)13-29-21-17-8-4-10-19(17)25(22(27)24-21)12-16-7-5-11-28-16/h3,6,9,16H,4-5,7-8,10-13H2,1-2H3,(H,23,26). The van der Waals surface area contributed by atoms with Crippen LogP contribution in [-0.2, 0) is 28.9 Å². The topological polar surface area (TPSA) is 73.2 Å². The second-order valence-electron chi connectivity index (χ2n) is 7.81. The van der Waals surface area contributed by atoms with E-state index < -0.39 is 0 Å². The zero-order chi connectivity index (χ0) is 20.4. The Kier molecular flexibility index (Phi) is 6.06. The van der Waals surface area contributed by atoms with Gasteiger partial charge in [-0.2, -0.15) is 4.98 Å². The molecule has 1 saturated heterocycles. The van der Waals surface area contributed by atoms with Crippen LogP contribution in [0.3, 0.4) is 0 Å². The summed E-state index contributed by atoms with van der Waals surface area (Å²) >= 11 is 1.36. The van der Waals surface area contributed by atoms with Crippen molar-refractivity contribution in [2.45, 2.75) is 63.6 Å². The van der Waals surface area contributed by atoms with Gasteiger partial charge in [0, 0.05) is 23.6 Å². The van der Waals surface area contributed by atoms with Crippen molar-refractivity contribution >= 4 is 23.4 Å². The van der Waals surface area contributed by atoms with E-state index in [2.05, 4.69) is 10.3 Å². The highest BCUT2D eigenvalue weighted by atomic mass is 32.2. The molecular weight excluding hydrogens is 386 g/mol. The molecule has 2 heterocycles. The number of ether oxygens (including phenoxy) is 1. The monoisotopic (exact) mass is 413 g/mol. The summed E-state index contributed by atoms with van der Waals surface area (Å²) in [6, 6.07) is 5.87. The van der Waals surface area contributed by atoms with Gasteiger partial charge >= 0.3 is 5.69 Å².